The molecule has 0 atom stereocenters. The van der Waals surface area contributed by atoms with Gasteiger partial charge in [-0.25, -0.2) is 4.79 Å². The molecule has 3 fully saturated rings. The van der Waals surface area contributed by atoms with E-state index in [1.165, 1.54) is 25.7 Å². The van der Waals surface area contributed by atoms with Gasteiger partial charge in [0.2, 0.25) is 0 Å². The molecule has 1 heterocycles. The first-order valence-electron chi connectivity index (χ1n) is 9.10. The van der Waals surface area contributed by atoms with Crippen LogP contribution in [0.5, 0.6) is 0 Å². The molecule has 1 amide bonds. The quantitative estimate of drug-likeness (QED) is 0.619. The highest BCUT2D eigenvalue weighted by Crippen LogP contribution is 2.48. The minimum atomic E-state index is -0.197. The molecule has 3 rings (SSSR count). The Bertz CT molecular complexity index is 426. The van der Waals surface area contributed by atoms with Gasteiger partial charge in [0.05, 0.1) is 6.61 Å². The van der Waals surface area contributed by atoms with Crippen LogP contribution in [0.4, 0.5) is 4.79 Å². The van der Waals surface area contributed by atoms with E-state index >= 15 is 0 Å². The zero-order chi connectivity index (χ0) is 16.2. The van der Waals surface area contributed by atoms with Crippen LogP contribution in [0.25, 0.3) is 0 Å². The number of amides is 1. The Kier molecular flexibility index (Phi) is 5.28. The summed E-state index contributed by atoms with van der Waals surface area (Å²) >= 11 is 0. The van der Waals surface area contributed by atoms with Crippen LogP contribution in [0.1, 0.15) is 32.6 Å². The third kappa shape index (κ3) is 4.30. The second-order valence-corrected chi connectivity index (χ2v) is 6.94. The van der Waals surface area contributed by atoms with E-state index < -0.39 is 0 Å². The van der Waals surface area contributed by atoms with Crippen LogP contribution in [0, 0.1) is 17.8 Å². The first kappa shape index (κ1) is 16.4. The summed E-state index contributed by atoms with van der Waals surface area (Å²) in [5.41, 5.74) is 0. The maximum Gasteiger partial charge on any atom is 0.409 e. The topological polar surface area (TPSA) is 57.2 Å². The first-order chi connectivity index (χ1) is 11.2. The summed E-state index contributed by atoms with van der Waals surface area (Å²) in [6.45, 7) is 6.37. The Labute approximate surface area is 139 Å². The SMILES string of the molecule is CCOC(=O)N1CCN(C(=NC)NCC(C2CC2)C2CC2)CC1. The molecule has 1 aliphatic heterocycles. The van der Waals surface area contributed by atoms with Gasteiger partial charge in [-0.1, -0.05) is 0 Å². The molecule has 0 bridgehead atoms. The lowest BCUT2D eigenvalue weighted by Crippen LogP contribution is -2.54. The van der Waals surface area contributed by atoms with E-state index in [2.05, 4.69) is 15.2 Å². The number of aliphatic imine (C=N–C) groups is 1. The van der Waals surface area contributed by atoms with Gasteiger partial charge in [-0.2, -0.15) is 0 Å². The van der Waals surface area contributed by atoms with E-state index in [0.29, 0.717) is 19.7 Å². The molecule has 0 spiro atoms. The van der Waals surface area contributed by atoms with Crippen LogP contribution in [-0.2, 0) is 4.74 Å². The van der Waals surface area contributed by atoms with E-state index in [1.807, 2.05) is 14.0 Å². The zero-order valence-corrected chi connectivity index (χ0v) is 14.5. The van der Waals surface area contributed by atoms with Crippen LogP contribution in [-0.4, -0.2) is 68.2 Å². The fraction of sp³-hybridized carbons (Fsp3) is 0.882. The summed E-state index contributed by atoms with van der Waals surface area (Å²) in [4.78, 5) is 20.2. The Morgan fingerprint density at radius 3 is 2.17 bits per heavy atom. The monoisotopic (exact) mass is 322 g/mol. The van der Waals surface area contributed by atoms with Crippen molar-refractivity contribution in [1.29, 1.82) is 0 Å². The van der Waals surface area contributed by atoms with E-state index in [-0.39, 0.29) is 6.09 Å². The van der Waals surface area contributed by atoms with Gasteiger partial charge < -0.3 is 19.9 Å². The number of guanidine groups is 1. The Hall–Kier alpha value is -1.46. The van der Waals surface area contributed by atoms with Crippen LogP contribution in [0.15, 0.2) is 4.99 Å². The molecular weight excluding hydrogens is 292 g/mol. The minimum absolute atomic E-state index is 0.197. The number of hydrogen-bond acceptors (Lipinski definition) is 3. The molecule has 2 saturated carbocycles. The van der Waals surface area contributed by atoms with E-state index in [9.17, 15) is 4.79 Å². The molecule has 1 saturated heterocycles. The predicted molar refractivity (Wildman–Crippen MR) is 90.5 cm³/mol. The van der Waals surface area contributed by atoms with Crippen molar-refractivity contribution >= 4 is 12.1 Å². The smallest absolute Gasteiger partial charge is 0.409 e. The van der Waals surface area contributed by atoms with E-state index in [0.717, 1.165) is 43.3 Å². The highest BCUT2D eigenvalue weighted by molar-refractivity contribution is 5.80. The van der Waals surface area contributed by atoms with Gasteiger partial charge in [0.15, 0.2) is 5.96 Å². The lowest BCUT2D eigenvalue weighted by molar-refractivity contribution is 0.0914. The lowest BCUT2D eigenvalue weighted by atomic mass is 9.98. The average molecular weight is 322 g/mol. The molecule has 23 heavy (non-hydrogen) atoms. The number of piperazine rings is 1. The van der Waals surface area contributed by atoms with Crippen molar-refractivity contribution in [3.8, 4) is 0 Å². The third-order valence-electron chi connectivity index (χ3n) is 5.27. The molecule has 6 nitrogen and oxygen atoms in total. The Morgan fingerprint density at radius 1 is 1.13 bits per heavy atom. The lowest BCUT2D eigenvalue weighted by Gasteiger charge is -2.36. The van der Waals surface area contributed by atoms with Crippen LogP contribution < -0.4 is 5.32 Å². The molecule has 2 aliphatic carbocycles. The van der Waals surface area contributed by atoms with E-state index in [4.69, 9.17) is 4.74 Å². The number of rotatable bonds is 5. The van der Waals surface area contributed by atoms with Crippen LogP contribution >= 0.6 is 0 Å². The molecule has 0 aromatic heterocycles. The summed E-state index contributed by atoms with van der Waals surface area (Å²) in [5.74, 6) is 3.73. The predicted octanol–water partition coefficient (Wildman–Crippen LogP) is 1.77. The number of carbonyl (C=O) groups is 1. The van der Waals surface area contributed by atoms with Crippen molar-refractivity contribution in [2.24, 2.45) is 22.7 Å². The fourth-order valence-electron chi connectivity index (χ4n) is 3.62. The highest BCUT2D eigenvalue weighted by atomic mass is 16.6. The van der Waals surface area contributed by atoms with Gasteiger partial charge in [-0.3, -0.25) is 4.99 Å². The standard InChI is InChI=1S/C17H30N4O2/c1-3-23-17(22)21-10-8-20(9-11-21)16(18-2)19-12-15(13-4-5-13)14-6-7-14/h13-15H,3-12H2,1-2H3,(H,18,19). The number of hydrogen-bond donors (Lipinski definition) is 1. The molecule has 130 valence electrons. The second-order valence-electron chi connectivity index (χ2n) is 6.94. The van der Waals surface area contributed by atoms with Crippen molar-refractivity contribution < 1.29 is 9.53 Å². The molecule has 0 unspecified atom stereocenters. The van der Waals surface area contributed by atoms with Crippen molar-refractivity contribution in [1.82, 2.24) is 15.1 Å². The zero-order valence-electron chi connectivity index (χ0n) is 14.5. The number of nitrogens with zero attached hydrogens (tertiary/aromatic N) is 3. The Morgan fingerprint density at radius 2 is 1.70 bits per heavy atom. The fourth-order valence-corrected chi connectivity index (χ4v) is 3.62. The Balaban J connectivity index is 1.45. The summed E-state index contributed by atoms with van der Waals surface area (Å²) in [6.07, 6.45) is 5.47. The van der Waals surface area contributed by atoms with Gasteiger partial charge >= 0.3 is 6.09 Å². The largest absolute Gasteiger partial charge is 0.450 e. The summed E-state index contributed by atoms with van der Waals surface area (Å²) < 4.78 is 5.07. The number of carbonyl (C=O) groups excluding carboxylic acids is 1. The second kappa shape index (κ2) is 7.41. The summed E-state index contributed by atoms with van der Waals surface area (Å²) in [7, 11) is 1.85. The summed E-state index contributed by atoms with van der Waals surface area (Å²) in [5, 5.41) is 3.59. The summed E-state index contributed by atoms with van der Waals surface area (Å²) in [6, 6.07) is 0. The van der Waals surface area contributed by atoms with Crippen LogP contribution in [0.3, 0.4) is 0 Å². The normalized spacial score (nSPS) is 22.5. The molecule has 0 radical (unpaired) electrons. The maximum atomic E-state index is 11.8. The van der Waals surface area contributed by atoms with Gasteiger partial charge in [0.1, 0.15) is 0 Å². The minimum Gasteiger partial charge on any atom is -0.450 e. The molecule has 6 heteroatoms. The maximum absolute atomic E-state index is 11.8. The third-order valence-corrected chi connectivity index (χ3v) is 5.27. The number of ether oxygens (including phenoxy) is 1. The molecule has 1 N–H and O–H groups in total. The van der Waals surface area contributed by atoms with Gasteiger partial charge in [-0.05, 0) is 50.4 Å². The van der Waals surface area contributed by atoms with Crippen molar-refractivity contribution in [2.75, 3.05) is 46.4 Å². The molecular formula is C17H30N4O2. The molecule has 0 aromatic rings. The molecule has 3 aliphatic rings. The molecule has 0 aromatic carbocycles. The van der Waals surface area contributed by atoms with Gasteiger partial charge in [0.25, 0.3) is 0 Å². The highest BCUT2D eigenvalue weighted by Gasteiger charge is 2.41. The van der Waals surface area contributed by atoms with Crippen molar-refractivity contribution in [3.63, 3.8) is 0 Å². The van der Waals surface area contributed by atoms with Crippen molar-refractivity contribution in [2.45, 2.75) is 32.6 Å². The van der Waals surface area contributed by atoms with E-state index in [1.54, 1.807) is 4.90 Å². The van der Waals surface area contributed by atoms with Gasteiger partial charge in [-0.15, -0.1) is 0 Å². The average Bonchev–Trinajstić information content (AvgIpc) is 3.46. The number of nitrogens with one attached hydrogen (secondary N) is 1. The van der Waals surface area contributed by atoms with Gasteiger partial charge in [0, 0.05) is 39.8 Å². The van der Waals surface area contributed by atoms with Crippen molar-refractivity contribution in [3.05, 3.63) is 0 Å². The van der Waals surface area contributed by atoms with Crippen LogP contribution in [0.2, 0.25) is 0 Å². The first-order valence-corrected chi connectivity index (χ1v) is 9.10.